The molecule has 7 heteroatoms. The van der Waals surface area contributed by atoms with Gasteiger partial charge in [0.2, 0.25) is 5.91 Å². The van der Waals surface area contributed by atoms with E-state index in [0.29, 0.717) is 16.6 Å². The Hall–Kier alpha value is -2.15. The smallest absolute Gasteiger partial charge is 0.252 e. The molecule has 2 aromatic rings. The monoisotopic (exact) mass is 350 g/mol. The van der Waals surface area contributed by atoms with E-state index in [2.05, 4.69) is 36.8 Å². The van der Waals surface area contributed by atoms with Gasteiger partial charge in [-0.15, -0.1) is 0 Å². The topological polar surface area (TPSA) is 86.9 Å². The van der Waals surface area contributed by atoms with E-state index in [-0.39, 0.29) is 18.4 Å². The van der Waals surface area contributed by atoms with E-state index in [1.165, 1.54) is 0 Å². The highest BCUT2D eigenvalue weighted by Crippen LogP contribution is 2.15. The Kier molecular flexibility index (Phi) is 5.10. The number of halogens is 1. The van der Waals surface area contributed by atoms with Crippen LogP contribution in [0.5, 0.6) is 0 Å². The van der Waals surface area contributed by atoms with Crippen LogP contribution in [0, 0.1) is 6.92 Å². The lowest BCUT2D eigenvalue weighted by Gasteiger charge is -2.07. The normalized spacial score (nSPS) is 10.2. The number of rotatable bonds is 5. The van der Waals surface area contributed by atoms with Crippen LogP contribution in [0.3, 0.4) is 0 Å². The Morgan fingerprint density at radius 3 is 2.71 bits per heavy atom. The number of aryl methyl sites for hydroxylation is 1. The van der Waals surface area contributed by atoms with Gasteiger partial charge in [0.15, 0.2) is 0 Å². The van der Waals surface area contributed by atoms with Crippen LogP contribution in [0.15, 0.2) is 34.9 Å². The summed E-state index contributed by atoms with van der Waals surface area (Å²) < 4.78 is 0.692. The van der Waals surface area contributed by atoms with Gasteiger partial charge in [0.25, 0.3) is 5.91 Å². The summed E-state index contributed by atoms with van der Waals surface area (Å²) in [5.74, 6) is -0.548. The Labute approximate surface area is 130 Å². The molecule has 21 heavy (non-hydrogen) atoms. The molecule has 6 nitrogen and oxygen atoms in total. The zero-order valence-electron chi connectivity index (χ0n) is 11.4. The van der Waals surface area contributed by atoms with Crippen molar-refractivity contribution in [3.63, 3.8) is 0 Å². The van der Waals surface area contributed by atoms with Crippen LogP contribution in [0.1, 0.15) is 21.6 Å². The molecule has 1 aromatic heterocycles. The predicted octanol–water partition coefficient (Wildman–Crippen LogP) is 1.53. The molecule has 1 aromatic carbocycles. The summed E-state index contributed by atoms with van der Waals surface area (Å²) in [7, 11) is 0. The third-order valence-electron chi connectivity index (χ3n) is 2.94. The Morgan fingerprint density at radius 1 is 1.29 bits per heavy atom. The number of aromatic nitrogens is 2. The Balaban J connectivity index is 1.80. The average Bonchev–Trinajstić information content (AvgIpc) is 2.88. The molecule has 0 saturated carbocycles. The van der Waals surface area contributed by atoms with Gasteiger partial charge in [-0.05, 0) is 35.0 Å². The fourth-order valence-electron chi connectivity index (χ4n) is 1.71. The fraction of sp³-hybridized carbons (Fsp3) is 0.214. The van der Waals surface area contributed by atoms with Crippen LogP contribution in [0.2, 0.25) is 0 Å². The minimum Gasteiger partial charge on any atom is -0.350 e. The molecular weight excluding hydrogens is 336 g/mol. The highest BCUT2D eigenvalue weighted by atomic mass is 79.9. The minimum atomic E-state index is -0.294. The van der Waals surface area contributed by atoms with Gasteiger partial charge >= 0.3 is 0 Å². The lowest BCUT2D eigenvalue weighted by atomic mass is 10.2. The fourth-order valence-corrected chi connectivity index (χ4v) is 2.18. The standard InChI is InChI=1S/C14H15BrN4O2/c1-9-10(7-18-19-9)6-16-13(20)8-17-14(21)11-4-2-3-5-12(11)15/h2-5,7H,6,8H2,1H3,(H,16,20)(H,17,21)(H,18,19). The number of aromatic amines is 1. The van der Waals surface area contributed by atoms with Crippen molar-refractivity contribution in [3.05, 3.63) is 51.8 Å². The van der Waals surface area contributed by atoms with E-state index in [4.69, 9.17) is 0 Å². The molecule has 0 bridgehead atoms. The van der Waals surface area contributed by atoms with Gasteiger partial charge in [0, 0.05) is 22.3 Å². The second-order valence-electron chi connectivity index (χ2n) is 4.46. The molecule has 0 saturated heterocycles. The summed E-state index contributed by atoms with van der Waals surface area (Å²) >= 11 is 3.30. The first-order valence-electron chi connectivity index (χ1n) is 6.36. The maximum Gasteiger partial charge on any atom is 0.252 e. The molecule has 0 aliphatic carbocycles. The van der Waals surface area contributed by atoms with Crippen LogP contribution in [-0.4, -0.2) is 28.6 Å². The molecule has 2 rings (SSSR count). The van der Waals surface area contributed by atoms with Gasteiger partial charge in [-0.3, -0.25) is 14.7 Å². The first-order chi connectivity index (χ1) is 10.1. The van der Waals surface area contributed by atoms with Crippen molar-refractivity contribution in [2.45, 2.75) is 13.5 Å². The van der Waals surface area contributed by atoms with Gasteiger partial charge in [-0.1, -0.05) is 12.1 Å². The first kappa shape index (κ1) is 15.2. The number of hydrogen-bond acceptors (Lipinski definition) is 3. The summed E-state index contributed by atoms with van der Waals surface area (Å²) in [5.41, 5.74) is 2.32. The van der Waals surface area contributed by atoms with E-state index >= 15 is 0 Å². The van der Waals surface area contributed by atoms with Crippen LogP contribution in [0.4, 0.5) is 0 Å². The summed E-state index contributed by atoms with van der Waals surface area (Å²) in [6, 6.07) is 7.05. The van der Waals surface area contributed by atoms with E-state index in [1.807, 2.05) is 13.0 Å². The quantitative estimate of drug-likeness (QED) is 0.764. The number of H-pyrrole nitrogens is 1. The molecule has 110 valence electrons. The molecule has 0 aliphatic heterocycles. The molecule has 2 amide bonds. The van der Waals surface area contributed by atoms with Crippen molar-refractivity contribution in [1.29, 1.82) is 0 Å². The maximum absolute atomic E-state index is 11.9. The van der Waals surface area contributed by atoms with E-state index in [1.54, 1.807) is 24.4 Å². The van der Waals surface area contributed by atoms with Crippen molar-refractivity contribution in [3.8, 4) is 0 Å². The summed E-state index contributed by atoms with van der Waals surface area (Å²) in [6.45, 7) is 2.19. The number of amides is 2. The second-order valence-corrected chi connectivity index (χ2v) is 5.31. The lowest BCUT2D eigenvalue weighted by Crippen LogP contribution is -2.36. The predicted molar refractivity (Wildman–Crippen MR) is 81.6 cm³/mol. The molecule has 0 aliphatic rings. The van der Waals surface area contributed by atoms with Crippen molar-refractivity contribution in [2.75, 3.05) is 6.54 Å². The molecule has 3 N–H and O–H groups in total. The molecule has 0 unspecified atom stereocenters. The Morgan fingerprint density at radius 2 is 2.05 bits per heavy atom. The van der Waals surface area contributed by atoms with Gasteiger partial charge < -0.3 is 10.6 Å². The number of hydrogen-bond donors (Lipinski definition) is 3. The highest BCUT2D eigenvalue weighted by molar-refractivity contribution is 9.10. The largest absolute Gasteiger partial charge is 0.350 e. The van der Waals surface area contributed by atoms with E-state index in [9.17, 15) is 9.59 Å². The van der Waals surface area contributed by atoms with Gasteiger partial charge in [-0.25, -0.2) is 0 Å². The lowest BCUT2D eigenvalue weighted by molar-refractivity contribution is -0.120. The number of carbonyl (C=O) groups is 2. The molecule has 0 spiro atoms. The zero-order valence-corrected chi connectivity index (χ0v) is 13.0. The summed E-state index contributed by atoms with van der Waals surface area (Å²) in [6.07, 6.45) is 1.66. The summed E-state index contributed by atoms with van der Waals surface area (Å²) in [5, 5.41) is 12.0. The molecular formula is C14H15BrN4O2. The Bertz CT molecular complexity index is 654. The highest BCUT2D eigenvalue weighted by Gasteiger charge is 2.11. The SMILES string of the molecule is Cc1[nH]ncc1CNC(=O)CNC(=O)c1ccccc1Br. The van der Waals surface area contributed by atoms with Crippen LogP contribution in [0.25, 0.3) is 0 Å². The minimum absolute atomic E-state index is 0.0724. The van der Waals surface area contributed by atoms with Crippen molar-refractivity contribution >= 4 is 27.7 Å². The second kappa shape index (κ2) is 7.03. The van der Waals surface area contributed by atoms with Gasteiger partial charge in [-0.2, -0.15) is 5.10 Å². The maximum atomic E-state index is 11.9. The van der Waals surface area contributed by atoms with E-state index < -0.39 is 0 Å². The first-order valence-corrected chi connectivity index (χ1v) is 7.15. The van der Waals surface area contributed by atoms with Crippen molar-refractivity contribution in [2.24, 2.45) is 0 Å². The third-order valence-corrected chi connectivity index (χ3v) is 3.63. The summed E-state index contributed by atoms with van der Waals surface area (Å²) in [4.78, 5) is 23.6. The number of nitrogens with zero attached hydrogens (tertiary/aromatic N) is 1. The van der Waals surface area contributed by atoms with Gasteiger partial charge in [0.1, 0.15) is 0 Å². The molecule has 0 atom stereocenters. The number of carbonyl (C=O) groups excluding carboxylic acids is 2. The number of nitrogens with one attached hydrogen (secondary N) is 3. The number of benzene rings is 1. The average molecular weight is 351 g/mol. The van der Waals surface area contributed by atoms with Crippen molar-refractivity contribution < 1.29 is 9.59 Å². The molecule has 0 radical (unpaired) electrons. The third kappa shape index (κ3) is 4.16. The van der Waals surface area contributed by atoms with E-state index in [0.717, 1.165) is 11.3 Å². The van der Waals surface area contributed by atoms with Crippen LogP contribution in [-0.2, 0) is 11.3 Å². The molecule has 1 heterocycles. The zero-order chi connectivity index (χ0) is 15.2. The van der Waals surface area contributed by atoms with Crippen LogP contribution >= 0.6 is 15.9 Å². The molecule has 0 fully saturated rings. The van der Waals surface area contributed by atoms with Gasteiger partial charge in [0.05, 0.1) is 18.3 Å². The van der Waals surface area contributed by atoms with Crippen molar-refractivity contribution in [1.82, 2.24) is 20.8 Å². The van der Waals surface area contributed by atoms with Crippen LogP contribution < -0.4 is 10.6 Å².